The molecule has 0 fully saturated rings. The molecule has 2 aromatic heterocycles. The van der Waals surface area contributed by atoms with E-state index in [1.807, 2.05) is 41.2 Å². The minimum Gasteiger partial charge on any atom is -0.382 e. The van der Waals surface area contributed by atoms with Gasteiger partial charge in [-0.1, -0.05) is 30.3 Å². The highest BCUT2D eigenvalue weighted by Gasteiger charge is 2.10. The van der Waals surface area contributed by atoms with Crippen LogP contribution in [-0.2, 0) is 20.8 Å². The van der Waals surface area contributed by atoms with Crippen molar-refractivity contribution in [1.29, 1.82) is 0 Å². The van der Waals surface area contributed by atoms with Crippen LogP contribution in [0.4, 0.5) is 0 Å². The summed E-state index contributed by atoms with van der Waals surface area (Å²) < 4.78 is 12.2. The summed E-state index contributed by atoms with van der Waals surface area (Å²) in [6.45, 7) is 2.93. The monoisotopic (exact) mass is 420 g/mol. The average molecular weight is 421 g/mol. The van der Waals surface area contributed by atoms with E-state index in [1.165, 1.54) is 6.08 Å². The van der Waals surface area contributed by atoms with Crippen molar-refractivity contribution in [2.24, 2.45) is 0 Å². The van der Waals surface area contributed by atoms with Gasteiger partial charge in [-0.05, 0) is 30.2 Å². The van der Waals surface area contributed by atoms with Crippen LogP contribution in [0.5, 0.6) is 0 Å². The number of carbonyl (C=O) groups excluding carboxylic acids is 1. The molecular weight excluding hydrogens is 392 g/mol. The van der Waals surface area contributed by atoms with Crippen LogP contribution < -0.4 is 5.32 Å². The number of aromatic nitrogens is 3. The molecule has 0 saturated carbocycles. The van der Waals surface area contributed by atoms with Gasteiger partial charge < -0.3 is 14.8 Å². The second-order valence-corrected chi connectivity index (χ2v) is 6.94. The minimum absolute atomic E-state index is 0.148. The van der Waals surface area contributed by atoms with Crippen LogP contribution in [0, 0.1) is 0 Å². The van der Waals surface area contributed by atoms with Crippen LogP contribution in [-0.4, -0.2) is 54.1 Å². The molecule has 162 valence electrons. The van der Waals surface area contributed by atoms with Gasteiger partial charge in [0.25, 0.3) is 0 Å². The number of nitrogens with zero attached hydrogens (tertiary/aromatic N) is 3. The Morgan fingerprint density at radius 2 is 2.00 bits per heavy atom. The molecule has 7 heteroatoms. The fraction of sp³-hybridized carbons (Fsp3) is 0.292. The summed E-state index contributed by atoms with van der Waals surface area (Å²) in [7, 11) is 1.64. The Labute approximate surface area is 182 Å². The van der Waals surface area contributed by atoms with E-state index in [-0.39, 0.29) is 5.91 Å². The highest BCUT2D eigenvalue weighted by Crippen LogP contribution is 2.23. The van der Waals surface area contributed by atoms with Crippen LogP contribution in [0.3, 0.4) is 0 Å². The molecule has 0 aliphatic heterocycles. The number of amides is 1. The fourth-order valence-corrected chi connectivity index (χ4v) is 2.99. The fourth-order valence-electron chi connectivity index (χ4n) is 2.99. The van der Waals surface area contributed by atoms with Crippen LogP contribution >= 0.6 is 0 Å². The number of methoxy groups -OCH3 is 1. The molecule has 0 unspecified atom stereocenters. The van der Waals surface area contributed by atoms with Gasteiger partial charge in [0.05, 0.1) is 19.8 Å². The smallest absolute Gasteiger partial charge is 0.244 e. The van der Waals surface area contributed by atoms with Crippen molar-refractivity contribution >= 4 is 12.0 Å². The summed E-state index contributed by atoms with van der Waals surface area (Å²) in [5.74, 6) is -0.148. The van der Waals surface area contributed by atoms with Crippen molar-refractivity contribution in [2.45, 2.75) is 13.0 Å². The molecule has 1 N–H and O–H groups in total. The lowest BCUT2D eigenvalue weighted by Gasteiger charge is -2.04. The van der Waals surface area contributed by atoms with E-state index in [2.05, 4.69) is 22.4 Å². The second-order valence-electron chi connectivity index (χ2n) is 6.94. The molecular formula is C24H28N4O3. The molecule has 1 aromatic carbocycles. The molecule has 3 aromatic rings. The Bertz CT molecular complexity index is 955. The first kappa shape index (κ1) is 22.4. The van der Waals surface area contributed by atoms with Gasteiger partial charge in [-0.3, -0.25) is 14.5 Å². The normalized spacial score (nSPS) is 11.1. The lowest BCUT2D eigenvalue weighted by molar-refractivity contribution is -0.116. The maximum Gasteiger partial charge on any atom is 0.244 e. The van der Waals surface area contributed by atoms with Crippen molar-refractivity contribution in [1.82, 2.24) is 20.1 Å². The van der Waals surface area contributed by atoms with E-state index in [0.717, 1.165) is 28.8 Å². The van der Waals surface area contributed by atoms with Gasteiger partial charge >= 0.3 is 0 Å². The minimum atomic E-state index is -0.148. The van der Waals surface area contributed by atoms with Crippen molar-refractivity contribution in [3.8, 4) is 11.3 Å². The van der Waals surface area contributed by atoms with Crippen molar-refractivity contribution in [3.63, 3.8) is 0 Å². The molecule has 0 aliphatic carbocycles. The quantitative estimate of drug-likeness (QED) is 0.360. The van der Waals surface area contributed by atoms with Gasteiger partial charge in [-0.25, -0.2) is 0 Å². The Kier molecular flexibility index (Phi) is 8.97. The van der Waals surface area contributed by atoms with Gasteiger partial charge in [-0.2, -0.15) is 5.10 Å². The van der Waals surface area contributed by atoms with Crippen molar-refractivity contribution in [2.75, 3.05) is 33.5 Å². The molecule has 3 rings (SSSR count). The zero-order valence-corrected chi connectivity index (χ0v) is 17.7. The van der Waals surface area contributed by atoms with E-state index in [0.29, 0.717) is 32.9 Å². The van der Waals surface area contributed by atoms with Crippen LogP contribution in [0.2, 0.25) is 0 Å². The molecule has 0 bridgehead atoms. The summed E-state index contributed by atoms with van der Waals surface area (Å²) in [5, 5.41) is 7.60. The molecule has 0 aliphatic rings. The number of rotatable bonds is 12. The van der Waals surface area contributed by atoms with Crippen LogP contribution in [0.15, 0.2) is 67.1 Å². The molecule has 2 heterocycles. The molecule has 31 heavy (non-hydrogen) atoms. The number of carbonyl (C=O) groups is 1. The van der Waals surface area contributed by atoms with Gasteiger partial charge in [0.2, 0.25) is 5.91 Å². The third-order valence-electron chi connectivity index (χ3n) is 4.52. The third-order valence-corrected chi connectivity index (χ3v) is 4.52. The Hall–Kier alpha value is -3.29. The molecule has 1 amide bonds. The number of hydrogen-bond acceptors (Lipinski definition) is 5. The third kappa shape index (κ3) is 7.47. The van der Waals surface area contributed by atoms with Crippen LogP contribution in [0.1, 0.15) is 17.5 Å². The van der Waals surface area contributed by atoms with E-state index in [1.54, 1.807) is 25.6 Å². The average Bonchev–Trinajstić information content (AvgIpc) is 3.21. The summed E-state index contributed by atoms with van der Waals surface area (Å²) in [6.07, 6.45) is 9.53. The topological polar surface area (TPSA) is 78.3 Å². The lowest BCUT2D eigenvalue weighted by atomic mass is 10.1. The van der Waals surface area contributed by atoms with Gasteiger partial charge in [0.1, 0.15) is 5.69 Å². The Balaban J connectivity index is 1.62. The van der Waals surface area contributed by atoms with Gasteiger partial charge in [0.15, 0.2) is 0 Å². The van der Waals surface area contributed by atoms with E-state index in [9.17, 15) is 4.79 Å². The zero-order chi connectivity index (χ0) is 21.7. The number of nitrogens with one attached hydrogen (secondary N) is 1. The van der Waals surface area contributed by atoms with Crippen LogP contribution in [0.25, 0.3) is 17.3 Å². The van der Waals surface area contributed by atoms with Gasteiger partial charge in [-0.15, -0.1) is 0 Å². The van der Waals surface area contributed by atoms with Gasteiger partial charge in [0, 0.05) is 56.1 Å². The number of benzene rings is 1. The Morgan fingerprint density at radius 3 is 2.77 bits per heavy atom. The molecule has 0 radical (unpaired) electrons. The predicted molar refractivity (Wildman–Crippen MR) is 120 cm³/mol. The molecule has 0 atom stereocenters. The van der Waals surface area contributed by atoms with E-state index >= 15 is 0 Å². The first-order valence-corrected chi connectivity index (χ1v) is 10.3. The largest absolute Gasteiger partial charge is 0.382 e. The summed E-state index contributed by atoms with van der Waals surface area (Å²) in [6, 6.07) is 14.0. The summed E-state index contributed by atoms with van der Waals surface area (Å²) >= 11 is 0. The Morgan fingerprint density at radius 1 is 1.13 bits per heavy atom. The highest BCUT2D eigenvalue weighted by atomic mass is 16.5. The van der Waals surface area contributed by atoms with E-state index < -0.39 is 0 Å². The predicted octanol–water partition coefficient (Wildman–Crippen LogP) is 3.18. The maximum atomic E-state index is 12.2. The summed E-state index contributed by atoms with van der Waals surface area (Å²) in [5.41, 5.74) is 3.72. The molecule has 0 spiro atoms. The van der Waals surface area contributed by atoms with E-state index in [4.69, 9.17) is 14.6 Å². The first-order valence-electron chi connectivity index (χ1n) is 10.3. The van der Waals surface area contributed by atoms with Crippen molar-refractivity contribution in [3.05, 3.63) is 78.3 Å². The molecule has 0 saturated heterocycles. The van der Waals surface area contributed by atoms with Crippen molar-refractivity contribution < 1.29 is 14.3 Å². The maximum absolute atomic E-state index is 12.2. The highest BCUT2D eigenvalue weighted by molar-refractivity contribution is 5.92. The first-order chi connectivity index (χ1) is 15.3. The number of pyridine rings is 1. The lowest BCUT2D eigenvalue weighted by Crippen LogP contribution is -2.23. The molecule has 7 nitrogen and oxygen atoms in total. The number of hydrogen-bond donors (Lipinski definition) is 1. The number of ether oxygens (including phenoxy) is 2. The second kappa shape index (κ2) is 12.4. The zero-order valence-electron chi connectivity index (χ0n) is 17.7. The standard InChI is InChI=1S/C24H28N4O3/c1-30-15-16-31-14-6-13-26-23(29)11-10-22-19-28(18-20-7-3-2-4-8-20)27-24(22)21-9-5-12-25-17-21/h2-5,7-12,17,19H,6,13-16,18H2,1H3,(H,26,29)/b11-10+. The SMILES string of the molecule is COCCOCCCNC(=O)/C=C/c1cn(Cc2ccccc2)nc1-c1cccnc1. The summed E-state index contributed by atoms with van der Waals surface area (Å²) in [4.78, 5) is 16.4.